The third-order valence-electron chi connectivity index (χ3n) is 9.97. The maximum Gasteiger partial charge on any atom is 0.246 e. The minimum absolute atomic E-state index is 0.0118. The standard InChI is InChI=1S/C39H40F3N7O4S/c1-7-32(50)48-17-21(2)49-30(22(48)3)15-29(45-49)38-36(34-26(41)13-25(40)14-31(34)53-11-10-52-6)35-27(42)20-54-39(35)37(44-38)23-12-24-18-47(19-33(51)46(4)5)9-8-28(24)43-16-23/h7,12-16,20-22H,1,8-11,17-19H2,2-6H3/t21-,22+/m0/s1. The molecule has 2 aliphatic rings. The number of hydrogen-bond acceptors (Lipinski definition) is 9. The number of aromatic nitrogens is 4. The predicted octanol–water partition coefficient (Wildman–Crippen LogP) is 6.43. The van der Waals surface area contributed by atoms with E-state index in [1.807, 2.05) is 19.9 Å². The van der Waals surface area contributed by atoms with E-state index in [-0.39, 0.29) is 65.6 Å². The minimum atomic E-state index is -0.971. The van der Waals surface area contributed by atoms with E-state index in [0.29, 0.717) is 53.4 Å². The molecule has 0 saturated heterocycles. The van der Waals surface area contributed by atoms with Gasteiger partial charge >= 0.3 is 0 Å². The average molecular weight is 760 g/mol. The van der Waals surface area contributed by atoms with Crippen LogP contribution in [-0.2, 0) is 27.3 Å². The van der Waals surface area contributed by atoms with Crippen molar-refractivity contribution in [1.29, 1.82) is 0 Å². The number of carbonyl (C=O) groups is 2. The molecular formula is C39H40F3N7O4S. The van der Waals surface area contributed by atoms with Crippen molar-refractivity contribution < 1.29 is 32.2 Å². The van der Waals surface area contributed by atoms with Crippen LogP contribution in [0.25, 0.3) is 43.9 Å². The maximum atomic E-state index is 16.4. The molecule has 54 heavy (non-hydrogen) atoms. The average Bonchev–Trinajstić information content (AvgIpc) is 3.77. The van der Waals surface area contributed by atoms with Gasteiger partial charge in [0, 0.05) is 93.2 Å². The topological polar surface area (TPSA) is 106 Å². The van der Waals surface area contributed by atoms with Gasteiger partial charge in [-0.15, -0.1) is 11.3 Å². The molecule has 15 heteroatoms. The molecule has 11 nitrogen and oxygen atoms in total. The second-order valence-corrected chi connectivity index (χ2v) is 14.7. The van der Waals surface area contributed by atoms with Crippen LogP contribution in [0.5, 0.6) is 5.75 Å². The minimum Gasteiger partial charge on any atom is -0.490 e. The normalized spacial score (nSPS) is 17.0. The lowest BCUT2D eigenvalue weighted by Gasteiger charge is -2.36. The number of rotatable bonds is 10. The number of methoxy groups -OCH3 is 1. The number of carbonyl (C=O) groups excluding carboxylic acids is 2. The van der Waals surface area contributed by atoms with E-state index in [4.69, 9.17) is 24.5 Å². The highest BCUT2D eigenvalue weighted by molar-refractivity contribution is 7.17. The Hall–Kier alpha value is -5.12. The molecule has 4 aromatic heterocycles. The van der Waals surface area contributed by atoms with Crippen molar-refractivity contribution in [3.8, 4) is 39.5 Å². The Morgan fingerprint density at radius 1 is 1.07 bits per heavy atom. The van der Waals surface area contributed by atoms with Gasteiger partial charge in [-0.25, -0.2) is 18.2 Å². The number of fused-ring (bicyclic) bond motifs is 3. The smallest absolute Gasteiger partial charge is 0.246 e. The van der Waals surface area contributed by atoms with Crippen molar-refractivity contribution in [3.05, 3.63) is 82.9 Å². The fraction of sp³-hybridized carbons (Fsp3) is 0.359. The van der Waals surface area contributed by atoms with Crippen molar-refractivity contribution >= 4 is 33.2 Å². The summed E-state index contributed by atoms with van der Waals surface area (Å²) < 4.78 is 60.6. The Morgan fingerprint density at radius 2 is 1.87 bits per heavy atom. The highest BCUT2D eigenvalue weighted by Gasteiger charge is 2.35. The maximum absolute atomic E-state index is 16.4. The number of pyridine rings is 2. The second-order valence-electron chi connectivity index (χ2n) is 13.8. The van der Waals surface area contributed by atoms with E-state index >= 15 is 8.78 Å². The van der Waals surface area contributed by atoms with Crippen LogP contribution in [0.3, 0.4) is 0 Å². The number of thiophene rings is 1. The zero-order chi connectivity index (χ0) is 38.4. The number of nitrogens with zero attached hydrogens (tertiary/aromatic N) is 7. The molecule has 6 heterocycles. The molecule has 0 aliphatic carbocycles. The number of benzene rings is 1. The quantitative estimate of drug-likeness (QED) is 0.119. The Bertz CT molecular complexity index is 2290. The van der Waals surface area contributed by atoms with Gasteiger partial charge < -0.3 is 19.3 Å². The molecule has 282 valence electrons. The molecule has 0 unspecified atom stereocenters. The molecule has 0 spiro atoms. The molecule has 7 rings (SSSR count). The molecule has 0 bridgehead atoms. The molecule has 2 amide bonds. The fourth-order valence-electron chi connectivity index (χ4n) is 7.20. The van der Waals surface area contributed by atoms with E-state index in [1.165, 1.54) is 18.6 Å². The molecule has 0 radical (unpaired) electrons. The molecule has 1 aromatic carbocycles. The summed E-state index contributed by atoms with van der Waals surface area (Å²) in [5.74, 6) is -2.87. The zero-order valence-corrected chi connectivity index (χ0v) is 31.5. The van der Waals surface area contributed by atoms with Crippen molar-refractivity contribution in [3.63, 3.8) is 0 Å². The summed E-state index contributed by atoms with van der Waals surface area (Å²) in [6, 6.07) is 4.86. The SMILES string of the molecule is C=CC(=O)N1C[C@H](C)n2nc(-c3nc(-c4cnc5c(c4)CN(CC(=O)N(C)C)CC5)c4scc(F)c4c3-c3c(F)cc(F)cc3OCCOC)cc2[C@H]1C. The van der Waals surface area contributed by atoms with Gasteiger partial charge in [-0.05, 0) is 37.6 Å². The van der Waals surface area contributed by atoms with Crippen LogP contribution in [-0.4, -0.2) is 100 Å². The van der Waals surface area contributed by atoms with Gasteiger partial charge in [0.1, 0.15) is 41.2 Å². The Kier molecular flexibility index (Phi) is 10.3. The number of halogens is 3. The van der Waals surface area contributed by atoms with Crippen molar-refractivity contribution in [1.82, 2.24) is 34.4 Å². The van der Waals surface area contributed by atoms with Crippen LogP contribution in [0.4, 0.5) is 13.2 Å². The van der Waals surface area contributed by atoms with Gasteiger partial charge in [-0.1, -0.05) is 6.58 Å². The van der Waals surface area contributed by atoms with Crippen molar-refractivity contribution in [2.45, 2.75) is 38.9 Å². The lowest BCUT2D eigenvalue weighted by molar-refractivity contribution is -0.130. The predicted molar refractivity (Wildman–Crippen MR) is 199 cm³/mol. The zero-order valence-electron chi connectivity index (χ0n) is 30.7. The molecule has 5 aromatic rings. The molecule has 2 aliphatic heterocycles. The van der Waals surface area contributed by atoms with Crippen molar-refractivity contribution in [2.75, 3.05) is 54.1 Å². The van der Waals surface area contributed by atoms with E-state index in [9.17, 15) is 14.0 Å². The van der Waals surface area contributed by atoms with Gasteiger partial charge in [-0.2, -0.15) is 5.10 Å². The monoisotopic (exact) mass is 759 g/mol. The fourth-order valence-corrected chi connectivity index (χ4v) is 8.13. The van der Waals surface area contributed by atoms with Gasteiger partial charge in [0.25, 0.3) is 0 Å². The summed E-state index contributed by atoms with van der Waals surface area (Å²) in [5, 5.41) is 6.34. The van der Waals surface area contributed by atoms with Crippen LogP contribution < -0.4 is 4.74 Å². The van der Waals surface area contributed by atoms with Crippen molar-refractivity contribution in [2.24, 2.45) is 0 Å². The first kappa shape index (κ1) is 37.2. The first-order valence-electron chi connectivity index (χ1n) is 17.5. The summed E-state index contributed by atoms with van der Waals surface area (Å²) in [5.41, 5.74) is 3.80. The van der Waals surface area contributed by atoms with E-state index < -0.39 is 23.5 Å². The Labute approximate surface area is 314 Å². The van der Waals surface area contributed by atoms with Gasteiger partial charge in [0.15, 0.2) is 0 Å². The first-order valence-corrected chi connectivity index (χ1v) is 18.4. The molecular weight excluding hydrogens is 720 g/mol. The highest BCUT2D eigenvalue weighted by atomic mass is 32.1. The number of hydrogen-bond donors (Lipinski definition) is 0. The number of amides is 2. The van der Waals surface area contributed by atoms with Gasteiger partial charge in [0.2, 0.25) is 11.8 Å². The Balaban J connectivity index is 1.46. The molecule has 0 N–H and O–H groups in total. The lowest BCUT2D eigenvalue weighted by atomic mass is 9.94. The summed E-state index contributed by atoms with van der Waals surface area (Å²) in [6.07, 6.45) is 3.61. The van der Waals surface area contributed by atoms with Crippen LogP contribution in [0.15, 0.2) is 48.5 Å². The van der Waals surface area contributed by atoms with Gasteiger partial charge in [0.05, 0.1) is 46.9 Å². The molecule has 0 fully saturated rings. The third-order valence-corrected chi connectivity index (χ3v) is 10.9. The largest absolute Gasteiger partial charge is 0.490 e. The van der Waals surface area contributed by atoms with E-state index in [1.54, 1.807) is 40.8 Å². The molecule has 2 atom stereocenters. The summed E-state index contributed by atoms with van der Waals surface area (Å²) >= 11 is 1.11. The second kappa shape index (κ2) is 15.0. The number of likely N-dealkylation sites (N-methyl/N-ethyl adjacent to an activating group) is 1. The van der Waals surface area contributed by atoms with Crippen LogP contribution >= 0.6 is 11.3 Å². The van der Waals surface area contributed by atoms with Gasteiger partial charge in [-0.3, -0.25) is 24.2 Å². The summed E-state index contributed by atoms with van der Waals surface area (Å²) in [4.78, 5) is 40.6. The van der Waals surface area contributed by atoms with Crippen LogP contribution in [0.1, 0.15) is 42.9 Å². The number of ether oxygens (including phenoxy) is 2. The summed E-state index contributed by atoms with van der Waals surface area (Å²) in [6.45, 7) is 9.34. The highest BCUT2D eigenvalue weighted by Crippen LogP contribution is 2.48. The molecule has 0 saturated carbocycles. The van der Waals surface area contributed by atoms with E-state index in [2.05, 4.69) is 11.5 Å². The lowest BCUT2D eigenvalue weighted by Crippen LogP contribution is -2.42. The Morgan fingerprint density at radius 3 is 2.61 bits per heavy atom. The summed E-state index contributed by atoms with van der Waals surface area (Å²) in [7, 11) is 4.92. The van der Waals surface area contributed by atoms with Crippen LogP contribution in [0, 0.1) is 17.5 Å². The van der Waals surface area contributed by atoms with Crippen LogP contribution in [0.2, 0.25) is 0 Å². The first-order chi connectivity index (χ1) is 25.9. The third kappa shape index (κ3) is 6.75. The van der Waals surface area contributed by atoms with E-state index in [0.717, 1.165) is 34.7 Å².